The molecule has 95 heavy (non-hydrogen) atoms. The number of unbranched alkanes of at least 4 members (excludes halogenated alkanes) is 48. The summed E-state index contributed by atoms with van der Waals surface area (Å²) >= 11 is 0. The lowest BCUT2D eigenvalue weighted by molar-refractivity contribution is -0.151. The van der Waals surface area contributed by atoms with Crippen LogP contribution in [0.5, 0.6) is 0 Å². The molecule has 0 aliphatic heterocycles. The smallest absolute Gasteiger partial charge is 0.306 e. The molecule has 6 atom stereocenters. The largest absolute Gasteiger partial charge is 0.462 e. The number of hydrogen-bond acceptors (Lipinski definition) is 8. The van der Waals surface area contributed by atoms with Crippen molar-refractivity contribution in [1.29, 1.82) is 2.51 Å². The van der Waals surface area contributed by atoms with E-state index in [-0.39, 0.29) is 61.3 Å². The van der Waals surface area contributed by atoms with Crippen molar-refractivity contribution in [3.63, 3.8) is 0 Å². The van der Waals surface area contributed by atoms with Gasteiger partial charge in [0, 0.05) is 26.9 Å². The fourth-order valence-corrected chi connectivity index (χ4v) is 13.7. The van der Waals surface area contributed by atoms with E-state index in [0.29, 0.717) is 32.1 Å². The van der Waals surface area contributed by atoms with E-state index in [4.69, 9.17) is 23.9 Å². The number of carbonyl (C=O) groups excluding carboxylic acids is 4. The lowest BCUT2D eigenvalue weighted by Crippen LogP contribution is -2.39. The van der Waals surface area contributed by atoms with Crippen LogP contribution in [0, 0.1) is 0 Å². The SMILES string of the molecule is CCCCCCCCCCCCCC(=O)N[C@@H](CO)CCCC(CCCCCCCC)OC(=O)CCCCCCCCCCCC.[2H][Si]([B])(OC[C@@H](CCCC(CCCCCCCC)OC(=O)CCCCCCCCCCCC)NC(=O)CCCCCCCCCCCCC)P[3H]. The van der Waals surface area contributed by atoms with E-state index < -0.39 is 17.2 Å². The summed E-state index contributed by atoms with van der Waals surface area (Å²) in [6.45, 7) is 13.6. The van der Waals surface area contributed by atoms with Gasteiger partial charge in [-0.25, -0.2) is 0 Å². The second kappa shape index (κ2) is 79.8. The summed E-state index contributed by atoms with van der Waals surface area (Å²) in [7, 11) is 2.18. The average Bonchev–Trinajstić information content (AvgIpc) is 1.23. The molecule has 0 fully saturated rings. The molecule has 0 rings (SSSR count). The summed E-state index contributed by atoms with van der Waals surface area (Å²) in [5.74, 6) is -0.0417. The van der Waals surface area contributed by atoms with Crippen LogP contribution in [0.15, 0.2) is 0 Å². The molecule has 562 valence electrons. The molecule has 3 N–H and O–H groups in total. The number of aliphatic hydroxyl groups is 1. The molecule has 0 aromatic rings. The number of esters is 2. The number of ether oxygens (including phenoxy) is 2. The molecule has 2 amide bonds. The molecular formula is C82H164BN2O8PSi. The molecule has 13 heteroatoms. The third kappa shape index (κ3) is 76.5. The molecule has 2 radical (unpaired) electrons. The van der Waals surface area contributed by atoms with Crippen molar-refractivity contribution in [1.82, 2.24) is 10.6 Å². The average molecular weight is 1380 g/mol. The van der Waals surface area contributed by atoms with Gasteiger partial charge in [-0.3, -0.25) is 19.2 Å². The number of rotatable bonds is 77. The molecular weight excluding hydrogens is 1210 g/mol. The van der Waals surface area contributed by atoms with Gasteiger partial charge in [0.05, 0.1) is 34.0 Å². The van der Waals surface area contributed by atoms with E-state index in [0.717, 1.165) is 109 Å². The number of hydrogen-bond donors (Lipinski definition) is 3. The molecule has 0 aromatic heterocycles. The Kier molecular flexibility index (Phi) is 76.9. The van der Waals surface area contributed by atoms with E-state index in [9.17, 15) is 24.3 Å². The first-order valence-corrected chi connectivity index (χ1v) is 45.0. The lowest BCUT2D eigenvalue weighted by atomic mass is 10.0. The zero-order valence-corrected chi connectivity index (χ0v) is 66.3. The van der Waals surface area contributed by atoms with Crippen LogP contribution in [0.25, 0.3) is 0 Å². The first kappa shape index (κ1) is 91.5. The Balaban J connectivity index is 0. The highest BCUT2D eigenvalue weighted by Gasteiger charge is 2.20. The van der Waals surface area contributed by atoms with Crippen LogP contribution in [0.1, 0.15) is 465 Å². The second-order valence-corrected chi connectivity index (χ2v) is 31.5. The van der Waals surface area contributed by atoms with Crippen LogP contribution >= 0.6 is 8.73 Å². The van der Waals surface area contributed by atoms with Gasteiger partial charge in [-0.2, -0.15) is 0 Å². The molecule has 0 aliphatic carbocycles. The van der Waals surface area contributed by atoms with Gasteiger partial charge in [0.15, 0.2) is 0 Å². The van der Waals surface area contributed by atoms with Gasteiger partial charge >= 0.3 is 11.9 Å². The number of nitrogens with one attached hydrogen (secondary N) is 2. The predicted molar refractivity (Wildman–Crippen MR) is 418 cm³/mol. The zero-order chi connectivity index (χ0) is 71.4. The molecule has 4 unspecified atom stereocenters. The maximum atomic E-state index is 12.9. The van der Waals surface area contributed by atoms with Gasteiger partial charge in [0.25, 0.3) is 0 Å². The summed E-state index contributed by atoms with van der Waals surface area (Å²) in [4.78, 5) is 50.9. The number of amides is 2. The maximum absolute atomic E-state index is 12.9. The summed E-state index contributed by atoms with van der Waals surface area (Å²) in [6.07, 6.45) is 75.7. The molecule has 10 nitrogen and oxygen atoms in total. The van der Waals surface area contributed by atoms with Crippen molar-refractivity contribution >= 4 is 48.4 Å². The van der Waals surface area contributed by atoms with Crippen molar-refractivity contribution < 1.29 is 38.2 Å². The van der Waals surface area contributed by atoms with Crippen molar-refractivity contribution in [2.75, 3.05) is 13.2 Å². The molecule has 0 heterocycles. The van der Waals surface area contributed by atoms with Gasteiger partial charge in [-0.15, -0.1) is 8.73 Å². The van der Waals surface area contributed by atoms with Gasteiger partial charge in [-0.05, 0) is 89.9 Å². The van der Waals surface area contributed by atoms with Gasteiger partial charge in [0.1, 0.15) is 20.7 Å². The number of carbonyl (C=O) groups is 4. The van der Waals surface area contributed by atoms with E-state index >= 15 is 0 Å². The molecule has 0 saturated carbocycles. The van der Waals surface area contributed by atoms with Crippen molar-refractivity contribution in [2.45, 2.75) is 490 Å². The van der Waals surface area contributed by atoms with Crippen LogP contribution in [0.4, 0.5) is 0 Å². The molecule has 0 aliphatic rings. The minimum atomic E-state index is -3.27. The van der Waals surface area contributed by atoms with E-state index in [1.54, 1.807) is 0 Å². The predicted octanol–water partition coefficient (Wildman–Crippen LogP) is 24.4. The van der Waals surface area contributed by atoms with E-state index in [1.165, 1.54) is 283 Å². The fourth-order valence-electron chi connectivity index (χ4n) is 13.1. The second-order valence-electron chi connectivity index (χ2n) is 29.0. The van der Waals surface area contributed by atoms with Crippen molar-refractivity contribution in [2.24, 2.45) is 0 Å². The van der Waals surface area contributed by atoms with E-state index in [1.807, 2.05) is 0 Å². The minimum Gasteiger partial charge on any atom is -0.462 e. The Bertz CT molecular complexity index is 1660. The molecule has 0 aromatic carbocycles. The summed E-state index contributed by atoms with van der Waals surface area (Å²) in [5.41, 5.74) is 0. The highest BCUT2D eigenvalue weighted by Crippen LogP contribution is 2.22. The lowest BCUT2D eigenvalue weighted by Gasteiger charge is -2.22. The Morgan fingerprint density at radius 2 is 0.589 bits per heavy atom. The standard InChI is InChI=1S/C41H83BNO4PSi.C41H81NO4/c1-4-7-10-13-16-18-20-21-23-26-29-35-40(44)43-38(37-46-49(42)48)32-31-34-39(33-28-25-15-12-9-6-3)47-41(45)36-30-27-24-22-19-17-14-11-8-5-2;1-4-7-10-13-16-18-20-21-23-26-29-35-40(44)42-38(37-43)32-31-34-39(33-28-25-15-12-9-6-3)46-41(45)36-30-27-24-22-19-17-14-11-8-5-2/h38-39,49H,4-37,48H2,1-3H3,(H,43,44);38-39,43H,4-37H2,1-3H3,(H,42,44)/t38-,39?,49?;38-,39?/m11/s1/i48T,49D;/t38-,39?,48?,49?;. The van der Waals surface area contributed by atoms with Crippen LogP contribution in [-0.2, 0) is 33.1 Å². The molecule has 0 spiro atoms. The zero-order valence-electron chi connectivity index (χ0n) is 66.3. The first-order valence-electron chi connectivity index (χ1n) is 43.0. The van der Waals surface area contributed by atoms with E-state index in [2.05, 4.69) is 52.2 Å². The highest BCUT2D eigenvalue weighted by molar-refractivity contribution is 7.70. The molecule has 0 saturated heterocycles. The number of aliphatic hydroxyl groups excluding tert-OH is 1. The van der Waals surface area contributed by atoms with Crippen LogP contribution in [0.2, 0.25) is 0 Å². The quantitative estimate of drug-likeness (QED) is 0.0237. The summed E-state index contributed by atoms with van der Waals surface area (Å²) in [6, 6.07) is -0.461. The molecule has 0 bridgehead atoms. The van der Waals surface area contributed by atoms with Gasteiger partial charge in [0.2, 0.25) is 11.8 Å². The monoisotopic (exact) mass is 1380 g/mol. The summed E-state index contributed by atoms with van der Waals surface area (Å²) < 4.78 is 33.5. The highest BCUT2D eigenvalue weighted by atomic mass is 31.3. The van der Waals surface area contributed by atoms with Crippen molar-refractivity contribution in [3.8, 4) is 0 Å². The third-order valence-electron chi connectivity index (χ3n) is 19.4. The Morgan fingerprint density at radius 3 is 0.863 bits per heavy atom. The topological polar surface area (TPSA) is 140 Å². The maximum Gasteiger partial charge on any atom is 0.306 e. The van der Waals surface area contributed by atoms with Crippen LogP contribution < -0.4 is 10.6 Å². The minimum absolute atomic E-state index is 0.0219. The normalized spacial score (nSPS) is 13.8. The fraction of sp³-hybridized carbons (Fsp3) is 0.951. The first-order chi connectivity index (χ1) is 47.3. The summed E-state index contributed by atoms with van der Waals surface area (Å²) in [5, 5.41) is 16.1. The van der Waals surface area contributed by atoms with Crippen molar-refractivity contribution in [3.05, 3.63) is 0 Å². The van der Waals surface area contributed by atoms with Crippen LogP contribution in [0.3, 0.4) is 0 Å². The Hall–Kier alpha value is -1.49. The van der Waals surface area contributed by atoms with Gasteiger partial charge < -0.3 is 29.6 Å². The Morgan fingerprint density at radius 1 is 0.358 bits per heavy atom. The Labute approximate surface area is 599 Å². The third-order valence-corrected chi connectivity index (χ3v) is 20.3. The van der Waals surface area contributed by atoms with Crippen LogP contribution in [-0.4, -0.2) is 84.8 Å². The van der Waals surface area contributed by atoms with Gasteiger partial charge in [-0.1, -0.05) is 350 Å².